The Hall–Kier alpha value is -2.68. The molecule has 0 spiro atoms. The summed E-state index contributed by atoms with van der Waals surface area (Å²) in [5.41, 5.74) is 4.71. The van der Waals surface area contributed by atoms with Crippen molar-refractivity contribution in [2.24, 2.45) is 7.05 Å². The number of fused-ring (bicyclic) bond motifs is 3. The normalized spacial score (nSPS) is 11.2. The van der Waals surface area contributed by atoms with Crippen molar-refractivity contribution in [1.29, 1.82) is 0 Å². The summed E-state index contributed by atoms with van der Waals surface area (Å²) in [5, 5.41) is 2.39. The highest BCUT2D eigenvalue weighted by Gasteiger charge is 2.07. The quantitative estimate of drug-likeness (QED) is 0.524. The van der Waals surface area contributed by atoms with Gasteiger partial charge in [0.05, 0.1) is 0 Å². The van der Waals surface area contributed by atoms with E-state index in [0.29, 0.717) is 0 Å². The van der Waals surface area contributed by atoms with Gasteiger partial charge in [-0.3, -0.25) is 4.98 Å². The van der Waals surface area contributed by atoms with Crippen LogP contribution >= 0.6 is 0 Å². The molecule has 0 unspecified atom stereocenters. The Morgan fingerprint density at radius 1 is 1.00 bits per heavy atom. The van der Waals surface area contributed by atoms with Crippen LogP contribution in [0.3, 0.4) is 0 Å². The third kappa shape index (κ3) is 1.67. The van der Waals surface area contributed by atoms with Gasteiger partial charge >= 0.3 is 0 Å². The first-order chi connectivity index (χ1) is 9.81. The summed E-state index contributed by atoms with van der Waals surface area (Å²) in [6.07, 6.45) is 7.90. The summed E-state index contributed by atoms with van der Waals surface area (Å²) in [4.78, 5) is 7.66. The van der Waals surface area contributed by atoms with E-state index in [1.165, 1.54) is 21.9 Å². The van der Waals surface area contributed by atoms with Gasteiger partial charge in [0, 0.05) is 45.8 Å². The summed E-state index contributed by atoms with van der Waals surface area (Å²) in [7, 11) is 2.04. The van der Waals surface area contributed by atoms with Gasteiger partial charge in [-0.15, -0.1) is 0 Å². The molecule has 0 atom stereocenters. The van der Waals surface area contributed by atoms with Gasteiger partial charge in [0.1, 0.15) is 7.05 Å². The van der Waals surface area contributed by atoms with Crippen molar-refractivity contribution in [1.82, 2.24) is 9.97 Å². The van der Waals surface area contributed by atoms with Gasteiger partial charge in [0.2, 0.25) is 0 Å². The number of aromatic amines is 1. The molecule has 96 valence electrons. The van der Waals surface area contributed by atoms with Crippen molar-refractivity contribution >= 4 is 21.8 Å². The number of hydrogen-bond acceptors (Lipinski definition) is 1. The molecule has 20 heavy (non-hydrogen) atoms. The Morgan fingerprint density at radius 3 is 2.85 bits per heavy atom. The zero-order valence-electron chi connectivity index (χ0n) is 11.2. The monoisotopic (exact) mass is 260 g/mol. The fraction of sp³-hybridized carbons (Fsp3) is 0.0588. The highest BCUT2D eigenvalue weighted by atomic mass is 14.9. The average Bonchev–Trinajstić information content (AvgIpc) is 2.85. The van der Waals surface area contributed by atoms with Gasteiger partial charge in [-0.2, -0.15) is 0 Å². The van der Waals surface area contributed by atoms with Gasteiger partial charge in [-0.25, -0.2) is 4.57 Å². The molecule has 0 saturated heterocycles. The molecule has 3 nitrogen and oxygen atoms in total. The number of hydrogen-bond donors (Lipinski definition) is 1. The SMILES string of the molecule is C[n+]1cccc(-c2ccc3c(c2)[nH]c2ccncc23)c1. The number of nitrogens with zero attached hydrogens (tertiary/aromatic N) is 2. The lowest BCUT2D eigenvalue weighted by Gasteiger charge is -2.00. The third-order valence-corrected chi connectivity index (χ3v) is 3.67. The molecule has 0 aliphatic heterocycles. The van der Waals surface area contributed by atoms with Crippen LogP contribution in [-0.2, 0) is 7.05 Å². The number of rotatable bonds is 1. The van der Waals surface area contributed by atoms with Crippen LogP contribution in [-0.4, -0.2) is 9.97 Å². The first kappa shape index (κ1) is 11.2. The Bertz CT molecular complexity index is 922. The maximum Gasteiger partial charge on any atom is 0.176 e. The smallest absolute Gasteiger partial charge is 0.176 e. The first-order valence-corrected chi connectivity index (χ1v) is 6.62. The first-order valence-electron chi connectivity index (χ1n) is 6.62. The maximum atomic E-state index is 4.20. The predicted octanol–water partition coefficient (Wildman–Crippen LogP) is 3.21. The molecule has 0 bridgehead atoms. The average molecular weight is 260 g/mol. The van der Waals surface area contributed by atoms with Gasteiger partial charge < -0.3 is 4.98 Å². The molecule has 4 rings (SSSR count). The number of H-pyrrole nitrogens is 1. The van der Waals surface area contributed by atoms with Crippen molar-refractivity contribution in [3.05, 3.63) is 61.2 Å². The maximum absolute atomic E-state index is 4.20. The second kappa shape index (κ2) is 4.17. The zero-order valence-corrected chi connectivity index (χ0v) is 11.2. The van der Waals surface area contributed by atoms with Crippen LogP contribution < -0.4 is 4.57 Å². The molecule has 0 aliphatic rings. The Balaban J connectivity index is 1.97. The fourth-order valence-electron chi connectivity index (χ4n) is 2.68. The van der Waals surface area contributed by atoms with Crippen molar-refractivity contribution in [2.75, 3.05) is 0 Å². The van der Waals surface area contributed by atoms with E-state index in [0.717, 1.165) is 11.0 Å². The van der Waals surface area contributed by atoms with Gasteiger partial charge in [0.25, 0.3) is 0 Å². The summed E-state index contributed by atoms with van der Waals surface area (Å²) in [6.45, 7) is 0. The van der Waals surface area contributed by atoms with E-state index in [1.54, 1.807) is 0 Å². The number of aryl methyl sites for hydroxylation is 1. The molecule has 4 aromatic rings. The molecule has 0 aliphatic carbocycles. The number of aromatic nitrogens is 3. The largest absolute Gasteiger partial charge is 0.354 e. The van der Waals surface area contributed by atoms with Crippen molar-refractivity contribution in [2.45, 2.75) is 0 Å². The molecule has 0 saturated carbocycles. The van der Waals surface area contributed by atoms with Crippen LogP contribution in [0.5, 0.6) is 0 Å². The Morgan fingerprint density at radius 2 is 1.95 bits per heavy atom. The molecule has 1 N–H and O–H groups in total. The van der Waals surface area contributed by atoms with E-state index in [1.807, 2.05) is 31.7 Å². The van der Waals surface area contributed by atoms with Crippen molar-refractivity contribution < 1.29 is 4.57 Å². The van der Waals surface area contributed by atoms with Gasteiger partial charge in [-0.05, 0) is 23.8 Å². The van der Waals surface area contributed by atoms with Gasteiger partial charge in [0.15, 0.2) is 12.4 Å². The zero-order chi connectivity index (χ0) is 13.5. The van der Waals surface area contributed by atoms with E-state index >= 15 is 0 Å². The third-order valence-electron chi connectivity index (χ3n) is 3.67. The minimum absolute atomic E-state index is 1.13. The lowest BCUT2D eigenvalue weighted by atomic mass is 10.1. The van der Waals surface area contributed by atoms with Crippen molar-refractivity contribution in [3.8, 4) is 11.1 Å². The number of pyridine rings is 2. The van der Waals surface area contributed by atoms with Crippen LogP contribution in [0, 0.1) is 0 Å². The molecule has 0 radical (unpaired) electrons. The Labute approximate surface area is 116 Å². The van der Waals surface area contributed by atoms with Crippen LogP contribution in [0.1, 0.15) is 0 Å². The van der Waals surface area contributed by atoms with E-state index in [9.17, 15) is 0 Å². The number of benzene rings is 1. The topological polar surface area (TPSA) is 32.6 Å². The molecule has 0 fully saturated rings. The molecule has 3 aromatic heterocycles. The lowest BCUT2D eigenvalue weighted by Crippen LogP contribution is -2.26. The molecule has 1 aromatic carbocycles. The predicted molar refractivity (Wildman–Crippen MR) is 80.2 cm³/mol. The fourth-order valence-corrected chi connectivity index (χ4v) is 2.68. The summed E-state index contributed by atoms with van der Waals surface area (Å²) < 4.78 is 2.06. The standard InChI is InChI=1S/C17H14N3/c1-20-8-2-3-13(11-20)12-4-5-14-15-10-18-7-6-16(15)19-17(14)9-12/h2-11,19H,1H3/q+1. The van der Waals surface area contributed by atoms with E-state index in [4.69, 9.17) is 0 Å². The van der Waals surface area contributed by atoms with E-state index in [-0.39, 0.29) is 0 Å². The minimum atomic E-state index is 1.13. The Kier molecular flexibility index (Phi) is 2.33. The molecular formula is C17H14N3+. The van der Waals surface area contributed by atoms with Gasteiger partial charge in [-0.1, -0.05) is 12.1 Å². The molecule has 3 heterocycles. The highest BCUT2D eigenvalue weighted by molar-refractivity contribution is 6.07. The summed E-state index contributed by atoms with van der Waals surface area (Å²) in [6, 6.07) is 12.7. The minimum Gasteiger partial charge on any atom is -0.354 e. The van der Waals surface area contributed by atoms with Crippen molar-refractivity contribution in [3.63, 3.8) is 0 Å². The highest BCUT2D eigenvalue weighted by Crippen LogP contribution is 2.28. The van der Waals surface area contributed by atoms with Crippen LogP contribution in [0.4, 0.5) is 0 Å². The van der Waals surface area contributed by atoms with Crippen LogP contribution in [0.2, 0.25) is 0 Å². The van der Waals surface area contributed by atoms with Crippen LogP contribution in [0.25, 0.3) is 32.9 Å². The number of nitrogens with one attached hydrogen (secondary N) is 1. The van der Waals surface area contributed by atoms with E-state index in [2.05, 4.69) is 51.1 Å². The molecule has 0 amide bonds. The molecular weight excluding hydrogens is 246 g/mol. The van der Waals surface area contributed by atoms with Crippen LogP contribution in [0.15, 0.2) is 61.2 Å². The lowest BCUT2D eigenvalue weighted by molar-refractivity contribution is -0.671. The second-order valence-electron chi connectivity index (χ2n) is 5.06. The molecule has 3 heteroatoms. The van der Waals surface area contributed by atoms with E-state index < -0.39 is 0 Å². The summed E-state index contributed by atoms with van der Waals surface area (Å²) in [5.74, 6) is 0. The second-order valence-corrected chi connectivity index (χ2v) is 5.06. The summed E-state index contributed by atoms with van der Waals surface area (Å²) >= 11 is 0.